The summed E-state index contributed by atoms with van der Waals surface area (Å²) in [5, 5.41) is 12.4. The molecule has 2 rings (SSSR count). The molecule has 0 fully saturated rings. The topological polar surface area (TPSA) is 49.3 Å². The van der Waals surface area contributed by atoms with Crippen LogP contribution in [0.25, 0.3) is 0 Å². The number of phenolic OH excluding ortho intramolecular Hbond substituents is 1. The number of carbonyl (C=O) groups excluding carboxylic acids is 1. The molecule has 0 atom stereocenters. The van der Waals surface area contributed by atoms with Gasteiger partial charge < -0.3 is 10.4 Å². The van der Waals surface area contributed by atoms with Gasteiger partial charge in [0.1, 0.15) is 5.75 Å². The standard InChI is InChI=1S/C15H14ClNO2/c1-2-10-3-5-11(6-4-10)17-15(19)13-9-12(18)7-8-14(13)16/h3-9,18H,2H2,1H3,(H,17,19). The molecule has 4 heteroatoms. The first-order valence-electron chi connectivity index (χ1n) is 5.99. The van der Waals surface area contributed by atoms with E-state index in [4.69, 9.17) is 11.6 Å². The molecule has 19 heavy (non-hydrogen) atoms. The Balaban J connectivity index is 2.18. The molecule has 0 spiro atoms. The Bertz CT molecular complexity index is 594. The minimum atomic E-state index is -0.342. The fourth-order valence-corrected chi connectivity index (χ4v) is 1.91. The lowest BCUT2D eigenvalue weighted by Crippen LogP contribution is -2.12. The Hall–Kier alpha value is -2.00. The van der Waals surface area contributed by atoms with Crippen molar-refractivity contribution in [3.8, 4) is 5.75 Å². The van der Waals surface area contributed by atoms with Gasteiger partial charge in [-0.2, -0.15) is 0 Å². The van der Waals surface area contributed by atoms with E-state index >= 15 is 0 Å². The van der Waals surface area contributed by atoms with Crippen LogP contribution in [0.15, 0.2) is 42.5 Å². The molecule has 0 aliphatic rings. The van der Waals surface area contributed by atoms with Crippen LogP contribution >= 0.6 is 11.6 Å². The summed E-state index contributed by atoms with van der Waals surface area (Å²) in [6.45, 7) is 2.07. The van der Waals surface area contributed by atoms with Crippen LogP contribution in [0.4, 0.5) is 5.69 Å². The predicted molar refractivity (Wildman–Crippen MR) is 76.9 cm³/mol. The third-order valence-corrected chi connectivity index (χ3v) is 3.14. The zero-order chi connectivity index (χ0) is 13.8. The van der Waals surface area contributed by atoms with Crippen molar-refractivity contribution in [2.24, 2.45) is 0 Å². The highest BCUT2D eigenvalue weighted by Gasteiger charge is 2.11. The Morgan fingerprint density at radius 1 is 1.21 bits per heavy atom. The second-order valence-electron chi connectivity index (χ2n) is 4.17. The number of hydrogen-bond acceptors (Lipinski definition) is 2. The van der Waals surface area contributed by atoms with Gasteiger partial charge in [0.15, 0.2) is 0 Å². The Kier molecular flexibility index (Phi) is 4.07. The number of halogens is 1. The normalized spacial score (nSPS) is 10.2. The first kappa shape index (κ1) is 13.4. The quantitative estimate of drug-likeness (QED) is 0.894. The molecule has 0 aliphatic carbocycles. The molecule has 2 N–H and O–H groups in total. The summed E-state index contributed by atoms with van der Waals surface area (Å²) in [6, 6.07) is 11.9. The van der Waals surface area contributed by atoms with Crippen molar-refractivity contribution < 1.29 is 9.90 Å². The van der Waals surface area contributed by atoms with Gasteiger partial charge in [-0.15, -0.1) is 0 Å². The van der Waals surface area contributed by atoms with Crippen molar-refractivity contribution in [1.29, 1.82) is 0 Å². The van der Waals surface area contributed by atoms with E-state index in [9.17, 15) is 9.90 Å². The maximum Gasteiger partial charge on any atom is 0.257 e. The van der Waals surface area contributed by atoms with Crippen LogP contribution in [-0.2, 0) is 6.42 Å². The Morgan fingerprint density at radius 3 is 2.53 bits per heavy atom. The van der Waals surface area contributed by atoms with Crippen molar-refractivity contribution in [3.63, 3.8) is 0 Å². The van der Waals surface area contributed by atoms with E-state index in [2.05, 4.69) is 12.2 Å². The van der Waals surface area contributed by atoms with Crippen LogP contribution in [-0.4, -0.2) is 11.0 Å². The number of hydrogen-bond donors (Lipinski definition) is 2. The molecule has 0 heterocycles. The fourth-order valence-electron chi connectivity index (χ4n) is 1.71. The van der Waals surface area contributed by atoms with E-state index in [0.29, 0.717) is 10.7 Å². The maximum atomic E-state index is 12.0. The van der Waals surface area contributed by atoms with Crippen molar-refractivity contribution in [2.75, 3.05) is 5.32 Å². The smallest absolute Gasteiger partial charge is 0.257 e. The van der Waals surface area contributed by atoms with Crippen molar-refractivity contribution >= 4 is 23.2 Å². The van der Waals surface area contributed by atoms with Gasteiger partial charge in [-0.1, -0.05) is 30.7 Å². The zero-order valence-electron chi connectivity index (χ0n) is 10.5. The molecule has 0 saturated heterocycles. The summed E-state index contributed by atoms with van der Waals surface area (Å²) in [5.41, 5.74) is 2.15. The molecule has 0 saturated carbocycles. The van der Waals surface area contributed by atoms with E-state index in [0.717, 1.165) is 6.42 Å². The second kappa shape index (κ2) is 5.76. The van der Waals surface area contributed by atoms with E-state index in [-0.39, 0.29) is 17.2 Å². The number of carbonyl (C=O) groups is 1. The predicted octanol–water partition coefficient (Wildman–Crippen LogP) is 3.86. The molecule has 0 aromatic heterocycles. The van der Waals surface area contributed by atoms with Crippen LogP contribution < -0.4 is 5.32 Å². The highest BCUT2D eigenvalue weighted by Crippen LogP contribution is 2.22. The van der Waals surface area contributed by atoms with E-state index < -0.39 is 0 Å². The van der Waals surface area contributed by atoms with Crippen LogP contribution in [0, 0.1) is 0 Å². The summed E-state index contributed by atoms with van der Waals surface area (Å²) >= 11 is 5.93. The van der Waals surface area contributed by atoms with Crippen molar-refractivity contribution in [2.45, 2.75) is 13.3 Å². The summed E-state index contributed by atoms with van der Waals surface area (Å²) in [5.74, 6) is -0.332. The van der Waals surface area contributed by atoms with Crippen molar-refractivity contribution in [1.82, 2.24) is 0 Å². The Labute approximate surface area is 116 Å². The first-order chi connectivity index (χ1) is 9.10. The van der Waals surface area contributed by atoms with Crippen LogP contribution in [0.5, 0.6) is 5.75 Å². The minimum Gasteiger partial charge on any atom is -0.508 e. The average Bonchev–Trinajstić information content (AvgIpc) is 2.42. The van der Waals surface area contributed by atoms with Gasteiger partial charge in [-0.25, -0.2) is 0 Å². The lowest BCUT2D eigenvalue weighted by molar-refractivity contribution is 0.102. The summed E-state index contributed by atoms with van der Waals surface area (Å²) in [7, 11) is 0. The molecule has 0 unspecified atom stereocenters. The molecule has 2 aromatic rings. The highest BCUT2D eigenvalue weighted by atomic mass is 35.5. The number of amides is 1. The second-order valence-corrected chi connectivity index (χ2v) is 4.58. The highest BCUT2D eigenvalue weighted by molar-refractivity contribution is 6.34. The summed E-state index contributed by atoms with van der Waals surface area (Å²) in [4.78, 5) is 12.0. The number of aromatic hydroxyl groups is 1. The molecule has 3 nitrogen and oxygen atoms in total. The van der Waals surface area contributed by atoms with E-state index in [1.54, 1.807) is 0 Å². The van der Waals surface area contributed by atoms with E-state index in [1.165, 1.54) is 23.8 Å². The van der Waals surface area contributed by atoms with E-state index in [1.807, 2.05) is 24.3 Å². The van der Waals surface area contributed by atoms with Gasteiger partial charge in [0, 0.05) is 5.69 Å². The molecular formula is C15H14ClNO2. The molecular weight excluding hydrogens is 262 g/mol. The number of rotatable bonds is 3. The minimum absolute atomic E-state index is 0.0101. The van der Waals surface area contributed by atoms with Crippen LogP contribution in [0.1, 0.15) is 22.8 Å². The molecule has 98 valence electrons. The molecule has 0 bridgehead atoms. The van der Waals surface area contributed by atoms with Gasteiger partial charge in [0.05, 0.1) is 10.6 Å². The average molecular weight is 276 g/mol. The van der Waals surface area contributed by atoms with Gasteiger partial charge >= 0.3 is 0 Å². The molecule has 0 radical (unpaired) electrons. The number of phenols is 1. The number of nitrogens with one attached hydrogen (secondary N) is 1. The molecule has 1 amide bonds. The number of anilines is 1. The number of benzene rings is 2. The maximum absolute atomic E-state index is 12.0. The molecule has 2 aromatic carbocycles. The third-order valence-electron chi connectivity index (χ3n) is 2.81. The summed E-state index contributed by atoms with van der Waals surface area (Å²) in [6.07, 6.45) is 0.951. The van der Waals surface area contributed by atoms with Crippen LogP contribution in [0.3, 0.4) is 0 Å². The van der Waals surface area contributed by atoms with Gasteiger partial charge in [-0.3, -0.25) is 4.79 Å². The van der Waals surface area contributed by atoms with Gasteiger partial charge in [0.25, 0.3) is 5.91 Å². The summed E-state index contributed by atoms with van der Waals surface area (Å²) < 4.78 is 0. The lowest BCUT2D eigenvalue weighted by Gasteiger charge is -2.07. The molecule has 0 aliphatic heterocycles. The monoisotopic (exact) mass is 275 g/mol. The zero-order valence-corrected chi connectivity index (χ0v) is 11.2. The van der Waals surface area contributed by atoms with Gasteiger partial charge in [0.2, 0.25) is 0 Å². The number of aryl methyl sites for hydroxylation is 1. The van der Waals surface area contributed by atoms with Crippen molar-refractivity contribution in [3.05, 3.63) is 58.6 Å². The largest absolute Gasteiger partial charge is 0.508 e. The first-order valence-corrected chi connectivity index (χ1v) is 6.36. The third kappa shape index (κ3) is 3.26. The fraction of sp³-hybridized carbons (Fsp3) is 0.133. The lowest BCUT2D eigenvalue weighted by atomic mass is 10.1. The Morgan fingerprint density at radius 2 is 1.89 bits per heavy atom. The van der Waals surface area contributed by atoms with Gasteiger partial charge in [-0.05, 0) is 42.3 Å². The van der Waals surface area contributed by atoms with Crippen LogP contribution in [0.2, 0.25) is 5.02 Å². The SMILES string of the molecule is CCc1ccc(NC(=O)c2cc(O)ccc2Cl)cc1.